The minimum Gasteiger partial charge on any atom is -0.477 e. The van der Waals surface area contributed by atoms with Crippen molar-refractivity contribution >= 4 is 14.4 Å². The minimum absolute atomic E-state index is 0.0682. The van der Waals surface area contributed by atoms with Crippen LogP contribution in [0.25, 0.3) is 5.57 Å². The number of allylic oxidation sites excluding steroid dienone is 1. The van der Waals surface area contributed by atoms with Gasteiger partial charge >= 0.3 is 0 Å². The van der Waals surface area contributed by atoms with Crippen molar-refractivity contribution in [1.82, 2.24) is 0 Å². The molecule has 148 valence electrons. The van der Waals surface area contributed by atoms with Crippen LogP contribution in [0.15, 0.2) is 49.0 Å². The van der Waals surface area contributed by atoms with Crippen molar-refractivity contribution in [3.63, 3.8) is 0 Å². The maximum Gasteiger partial charge on any atom is 0.134 e. The molecule has 2 aromatic carbocycles. The van der Waals surface area contributed by atoms with Gasteiger partial charge in [-0.2, -0.15) is 0 Å². The summed E-state index contributed by atoms with van der Waals surface area (Å²) in [6, 6.07) is 15.2. The van der Waals surface area contributed by atoms with E-state index >= 15 is 0 Å². The molecule has 0 amide bonds. The van der Waals surface area contributed by atoms with Gasteiger partial charge in [-0.05, 0) is 41.8 Å². The van der Waals surface area contributed by atoms with E-state index in [1.54, 1.807) is 0 Å². The first kappa shape index (κ1) is 23.4. The lowest BCUT2D eigenvalue weighted by Gasteiger charge is -2.32. The molecule has 1 unspecified atom stereocenters. The van der Waals surface area contributed by atoms with Gasteiger partial charge in [-0.15, -0.1) is 0 Å². The Labute approximate surface area is 169 Å². The van der Waals surface area contributed by atoms with Crippen LogP contribution in [0.3, 0.4) is 0 Å². The van der Waals surface area contributed by atoms with E-state index in [0.29, 0.717) is 8.81 Å². The largest absolute Gasteiger partial charge is 0.477 e. The fourth-order valence-corrected chi connectivity index (χ4v) is 3.49. The molecule has 0 bridgehead atoms. The second kappa shape index (κ2) is 9.56. The van der Waals surface area contributed by atoms with E-state index in [-0.39, 0.29) is 10.8 Å². The Balaban J connectivity index is 0.00000176. The maximum atomic E-state index is 6.17. The predicted octanol–water partition coefficient (Wildman–Crippen LogP) is 7.97. The quantitative estimate of drug-likeness (QED) is 0.475. The molecule has 0 aliphatic heterocycles. The standard InChI is InChI=1S/C23H31OP.C2H6/c1-16(2)19-14-18(22(3,4)5)15-20(21(19)24-25-8)23(6,7)17-12-10-9-11-13-17;1-2/h9-15,25H,1H2,2-8H3;1-2H3. The average Bonchev–Trinajstić information content (AvgIpc) is 2.63. The molecular weight excluding hydrogens is 347 g/mol. The Kier molecular flexibility index (Phi) is 8.30. The molecule has 0 aromatic heterocycles. The van der Waals surface area contributed by atoms with Crippen LogP contribution in [0.5, 0.6) is 5.75 Å². The van der Waals surface area contributed by atoms with Gasteiger partial charge < -0.3 is 4.52 Å². The number of hydrogen-bond donors (Lipinski definition) is 0. The van der Waals surface area contributed by atoms with Gasteiger partial charge in [0, 0.05) is 16.5 Å². The van der Waals surface area contributed by atoms with Crippen LogP contribution < -0.4 is 4.52 Å². The van der Waals surface area contributed by atoms with Gasteiger partial charge in [-0.3, -0.25) is 0 Å². The molecule has 27 heavy (non-hydrogen) atoms. The monoisotopic (exact) mass is 384 g/mol. The average molecular weight is 385 g/mol. The summed E-state index contributed by atoms with van der Waals surface area (Å²) in [5.74, 6) is 0.982. The summed E-state index contributed by atoms with van der Waals surface area (Å²) >= 11 is 0. The summed E-state index contributed by atoms with van der Waals surface area (Å²) in [5.41, 5.74) is 5.93. The minimum atomic E-state index is -0.151. The molecule has 0 saturated carbocycles. The van der Waals surface area contributed by atoms with Gasteiger partial charge in [-0.1, -0.05) is 91.4 Å². The van der Waals surface area contributed by atoms with E-state index in [1.165, 1.54) is 16.7 Å². The summed E-state index contributed by atoms with van der Waals surface area (Å²) < 4.78 is 6.17. The van der Waals surface area contributed by atoms with E-state index in [2.05, 4.69) is 97.3 Å². The summed E-state index contributed by atoms with van der Waals surface area (Å²) in [6.45, 7) is 23.7. The summed E-state index contributed by atoms with van der Waals surface area (Å²) in [6.07, 6.45) is 0. The predicted molar refractivity (Wildman–Crippen MR) is 125 cm³/mol. The van der Waals surface area contributed by atoms with E-state index in [0.717, 1.165) is 16.9 Å². The first-order valence-electron chi connectivity index (χ1n) is 9.83. The van der Waals surface area contributed by atoms with E-state index in [1.807, 2.05) is 13.8 Å². The Morgan fingerprint density at radius 1 is 0.926 bits per heavy atom. The first-order valence-corrected chi connectivity index (χ1v) is 11.2. The fourth-order valence-electron chi connectivity index (χ4n) is 3.07. The molecule has 0 N–H and O–H groups in total. The SMILES string of the molecule is C=C(C)c1cc(C(C)(C)C)cc(C(C)(C)c2ccccc2)c1OPC.CC. The van der Waals surface area contributed by atoms with Gasteiger partial charge in [-0.25, -0.2) is 0 Å². The first-order chi connectivity index (χ1) is 12.6. The molecule has 1 nitrogen and oxygen atoms in total. The van der Waals surface area contributed by atoms with E-state index in [4.69, 9.17) is 4.52 Å². The van der Waals surface area contributed by atoms with Crippen LogP contribution in [-0.4, -0.2) is 6.66 Å². The van der Waals surface area contributed by atoms with Crippen molar-refractivity contribution in [3.05, 3.63) is 71.3 Å². The Morgan fingerprint density at radius 2 is 1.48 bits per heavy atom. The highest BCUT2D eigenvalue weighted by Crippen LogP contribution is 2.44. The summed E-state index contributed by atoms with van der Waals surface area (Å²) in [4.78, 5) is 0. The number of hydrogen-bond acceptors (Lipinski definition) is 1. The zero-order valence-electron chi connectivity index (χ0n) is 18.7. The Bertz CT molecular complexity index is 752. The second-order valence-corrected chi connectivity index (χ2v) is 8.84. The molecule has 0 heterocycles. The Hall–Kier alpha value is -1.59. The van der Waals surface area contributed by atoms with Gasteiger partial charge in [0.15, 0.2) is 0 Å². The summed E-state index contributed by atoms with van der Waals surface area (Å²) in [5, 5.41) is 0. The smallest absolute Gasteiger partial charge is 0.134 e. The normalized spacial score (nSPS) is 11.9. The third-order valence-electron chi connectivity index (χ3n) is 4.79. The van der Waals surface area contributed by atoms with E-state index in [9.17, 15) is 0 Å². The van der Waals surface area contributed by atoms with Crippen LogP contribution >= 0.6 is 8.81 Å². The zero-order chi connectivity index (χ0) is 20.8. The molecule has 2 rings (SSSR count). The lowest BCUT2D eigenvalue weighted by Crippen LogP contribution is -2.22. The maximum absolute atomic E-state index is 6.17. The molecular formula is C25H37OP. The molecule has 0 radical (unpaired) electrons. The number of benzene rings is 2. The molecule has 0 aliphatic carbocycles. The third kappa shape index (κ3) is 5.45. The van der Waals surface area contributed by atoms with Crippen molar-refractivity contribution < 1.29 is 4.52 Å². The van der Waals surface area contributed by atoms with Crippen LogP contribution in [0.1, 0.15) is 77.6 Å². The lowest BCUT2D eigenvalue weighted by molar-refractivity contribution is 0.552. The van der Waals surface area contributed by atoms with Crippen molar-refractivity contribution in [2.45, 2.75) is 66.2 Å². The lowest BCUT2D eigenvalue weighted by atomic mass is 9.74. The van der Waals surface area contributed by atoms with E-state index < -0.39 is 0 Å². The zero-order valence-corrected chi connectivity index (χ0v) is 19.7. The van der Waals surface area contributed by atoms with Crippen LogP contribution in [0, 0.1) is 0 Å². The molecule has 0 spiro atoms. The second-order valence-electron chi connectivity index (χ2n) is 8.23. The molecule has 1 atom stereocenters. The van der Waals surface area contributed by atoms with Crippen molar-refractivity contribution in [2.75, 3.05) is 6.66 Å². The van der Waals surface area contributed by atoms with Crippen LogP contribution in [-0.2, 0) is 10.8 Å². The molecule has 0 fully saturated rings. The van der Waals surface area contributed by atoms with Crippen LogP contribution in [0.4, 0.5) is 0 Å². The third-order valence-corrected chi connectivity index (χ3v) is 5.20. The van der Waals surface area contributed by atoms with Crippen molar-refractivity contribution in [1.29, 1.82) is 0 Å². The van der Waals surface area contributed by atoms with Gasteiger partial charge in [0.1, 0.15) is 5.75 Å². The van der Waals surface area contributed by atoms with Crippen molar-refractivity contribution in [2.24, 2.45) is 0 Å². The molecule has 2 heteroatoms. The highest BCUT2D eigenvalue weighted by Gasteiger charge is 2.30. The summed E-state index contributed by atoms with van der Waals surface area (Å²) in [7, 11) is 0.400. The van der Waals surface area contributed by atoms with Gasteiger partial charge in [0.2, 0.25) is 0 Å². The number of rotatable bonds is 5. The van der Waals surface area contributed by atoms with Gasteiger partial charge in [0.05, 0.1) is 8.81 Å². The van der Waals surface area contributed by atoms with Crippen LogP contribution in [0.2, 0.25) is 0 Å². The van der Waals surface area contributed by atoms with Gasteiger partial charge in [0.25, 0.3) is 0 Å². The molecule has 0 saturated heterocycles. The molecule has 2 aromatic rings. The fraction of sp³-hybridized carbons (Fsp3) is 0.440. The highest BCUT2D eigenvalue weighted by molar-refractivity contribution is 7.31. The highest BCUT2D eigenvalue weighted by atomic mass is 31.1. The van der Waals surface area contributed by atoms with Crippen molar-refractivity contribution in [3.8, 4) is 5.75 Å². The molecule has 0 aliphatic rings. The topological polar surface area (TPSA) is 9.23 Å². The Morgan fingerprint density at radius 3 is 1.93 bits per heavy atom.